The molecule has 2 heteroatoms. The maximum Gasteiger partial charge on any atom is 0.0409 e. The fraction of sp³-hybridized carbons (Fsp3) is 0.538. The van der Waals surface area contributed by atoms with Gasteiger partial charge in [-0.2, -0.15) is 0 Å². The van der Waals surface area contributed by atoms with Gasteiger partial charge in [-0.05, 0) is 30.7 Å². The number of hydrogen-bond donors (Lipinski definition) is 1. The summed E-state index contributed by atoms with van der Waals surface area (Å²) in [7, 11) is 0. The van der Waals surface area contributed by atoms with Crippen molar-refractivity contribution >= 4 is 11.6 Å². The Morgan fingerprint density at radius 3 is 2.80 bits per heavy atom. The smallest absolute Gasteiger partial charge is 0.0409 e. The molecule has 0 saturated heterocycles. The summed E-state index contributed by atoms with van der Waals surface area (Å²) in [6.07, 6.45) is 5.25. The van der Waals surface area contributed by atoms with Gasteiger partial charge in [0.05, 0.1) is 0 Å². The van der Waals surface area contributed by atoms with Gasteiger partial charge in [0.25, 0.3) is 0 Å². The number of nitrogens with one attached hydrogen (secondary N) is 1. The van der Waals surface area contributed by atoms with Gasteiger partial charge in [0.1, 0.15) is 0 Å². The predicted molar refractivity (Wildman–Crippen MR) is 67.3 cm³/mol. The normalized spacial score (nSPS) is 10.5. The highest BCUT2D eigenvalue weighted by atomic mass is 35.5. The zero-order valence-corrected chi connectivity index (χ0v) is 10.2. The van der Waals surface area contributed by atoms with E-state index in [-0.39, 0.29) is 0 Å². The van der Waals surface area contributed by atoms with Crippen LogP contribution >= 0.6 is 11.6 Å². The molecule has 15 heavy (non-hydrogen) atoms. The molecule has 1 N–H and O–H groups in total. The van der Waals surface area contributed by atoms with Crippen LogP contribution in [-0.2, 0) is 6.54 Å². The van der Waals surface area contributed by atoms with Gasteiger partial charge in [0, 0.05) is 11.6 Å². The summed E-state index contributed by atoms with van der Waals surface area (Å²) >= 11 is 5.90. The van der Waals surface area contributed by atoms with Crippen molar-refractivity contribution in [2.45, 2.75) is 39.2 Å². The van der Waals surface area contributed by atoms with Gasteiger partial charge in [-0.15, -0.1) is 0 Å². The van der Waals surface area contributed by atoms with Gasteiger partial charge in [0.2, 0.25) is 0 Å². The summed E-state index contributed by atoms with van der Waals surface area (Å²) < 4.78 is 0. The Hall–Kier alpha value is -0.530. The number of benzene rings is 1. The summed E-state index contributed by atoms with van der Waals surface area (Å²) in [5, 5.41) is 4.25. The van der Waals surface area contributed by atoms with Crippen LogP contribution in [0, 0.1) is 0 Å². The van der Waals surface area contributed by atoms with Crippen LogP contribution in [0.15, 0.2) is 24.3 Å². The molecule has 0 saturated carbocycles. The molecule has 1 aromatic carbocycles. The molecule has 0 aliphatic heterocycles. The van der Waals surface area contributed by atoms with Crippen molar-refractivity contribution in [2.24, 2.45) is 0 Å². The lowest BCUT2D eigenvalue weighted by molar-refractivity contribution is 0.598. The lowest BCUT2D eigenvalue weighted by Gasteiger charge is -2.04. The third-order valence-electron chi connectivity index (χ3n) is 2.43. The average molecular weight is 226 g/mol. The molecule has 0 spiro atoms. The van der Waals surface area contributed by atoms with E-state index in [1.54, 1.807) is 0 Å². The van der Waals surface area contributed by atoms with Crippen LogP contribution in [0.3, 0.4) is 0 Å². The highest BCUT2D eigenvalue weighted by Crippen LogP contribution is 2.10. The molecule has 0 atom stereocenters. The SMILES string of the molecule is CCCCCCNCc1cccc(Cl)c1. The summed E-state index contributed by atoms with van der Waals surface area (Å²) in [5.41, 5.74) is 1.26. The van der Waals surface area contributed by atoms with Crippen LogP contribution in [0.5, 0.6) is 0 Å². The Morgan fingerprint density at radius 2 is 2.07 bits per heavy atom. The largest absolute Gasteiger partial charge is 0.313 e. The monoisotopic (exact) mass is 225 g/mol. The minimum absolute atomic E-state index is 0.820. The Morgan fingerprint density at radius 1 is 1.20 bits per heavy atom. The maximum absolute atomic E-state index is 5.90. The standard InChI is InChI=1S/C13H20ClN/c1-2-3-4-5-9-15-11-12-7-6-8-13(14)10-12/h6-8,10,15H,2-5,9,11H2,1H3. The Bertz CT molecular complexity index is 273. The van der Waals surface area contributed by atoms with Crippen molar-refractivity contribution < 1.29 is 0 Å². The first-order valence-corrected chi connectivity index (χ1v) is 6.16. The first kappa shape index (κ1) is 12.5. The summed E-state index contributed by atoms with van der Waals surface area (Å²) in [4.78, 5) is 0. The third-order valence-corrected chi connectivity index (χ3v) is 2.66. The molecule has 0 aliphatic carbocycles. The molecule has 0 aromatic heterocycles. The van der Waals surface area contributed by atoms with Crippen LogP contribution in [-0.4, -0.2) is 6.54 Å². The number of halogens is 1. The van der Waals surface area contributed by atoms with E-state index in [9.17, 15) is 0 Å². The van der Waals surface area contributed by atoms with Crippen LogP contribution < -0.4 is 5.32 Å². The summed E-state index contributed by atoms with van der Waals surface area (Å²) in [6, 6.07) is 8.02. The van der Waals surface area contributed by atoms with Crippen molar-refractivity contribution in [3.8, 4) is 0 Å². The summed E-state index contributed by atoms with van der Waals surface area (Å²) in [5.74, 6) is 0. The molecule has 0 radical (unpaired) electrons. The predicted octanol–water partition coefficient (Wildman–Crippen LogP) is 4.01. The van der Waals surface area contributed by atoms with Crippen molar-refractivity contribution in [3.63, 3.8) is 0 Å². The third kappa shape index (κ3) is 5.81. The van der Waals surface area contributed by atoms with Crippen molar-refractivity contribution in [2.75, 3.05) is 6.54 Å². The first-order valence-electron chi connectivity index (χ1n) is 5.78. The van der Waals surface area contributed by atoms with E-state index >= 15 is 0 Å². The second kappa shape index (κ2) is 7.72. The minimum atomic E-state index is 0.820. The molecular weight excluding hydrogens is 206 g/mol. The van der Waals surface area contributed by atoms with Crippen LogP contribution in [0.25, 0.3) is 0 Å². The Kier molecular flexibility index (Phi) is 6.45. The fourth-order valence-electron chi connectivity index (χ4n) is 1.56. The van der Waals surface area contributed by atoms with E-state index in [1.165, 1.54) is 31.2 Å². The van der Waals surface area contributed by atoms with Gasteiger partial charge in [0.15, 0.2) is 0 Å². The lowest BCUT2D eigenvalue weighted by atomic mass is 10.2. The van der Waals surface area contributed by atoms with Crippen LogP contribution in [0.1, 0.15) is 38.2 Å². The van der Waals surface area contributed by atoms with Gasteiger partial charge >= 0.3 is 0 Å². The molecule has 0 unspecified atom stereocenters. The van der Waals surface area contributed by atoms with Gasteiger partial charge in [-0.1, -0.05) is 49.9 Å². The molecule has 84 valence electrons. The molecule has 0 bridgehead atoms. The van der Waals surface area contributed by atoms with E-state index in [1.807, 2.05) is 18.2 Å². The first-order chi connectivity index (χ1) is 7.33. The molecule has 0 fully saturated rings. The highest BCUT2D eigenvalue weighted by Gasteiger charge is 1.93. The highest BCUT2D eigenvalue weighted by molar-refractivity contribution is 6.30. The van der Waals surface area contributed by atoms with E-state index < -0.39 is 0 Å². The lowest BCUT2D eigenvalue weighted by Crippen LogP contribution is -2.14. The minimum Gasteiger partial charge on any atom is -0.313 e. The van der Waals surface area contributed by atoms with E-state index in [0.29, 0.717) is 0 Å². The van der Waals surface area contributed by atoms with Crippen LogP contribution in [0.2, 0.25) is 5.02 Å². The number of hydrogen-bond acceptors (Lipinski definition) is 1. The molecule has 0 aliphatic rings. The molecule has 1 aromatic rings. The quantitative estimate of drug-likeness (QED) is 0.692. The molecule has 0 heterocycles. The topological polar surface area (TPSA) is 12.0 Å². The van der Waals surface area contributed by atoms with Gasteiger partial charge in [-0.25, -0.2) is 0 Å². The zero-order chi connectivity index (χ0) is 10.9. The van der Waals surface area contributed by atoms with Crippen LogP contribution in [0.4, 0.5) is 0 Å². The number of rotatable bonds is 7. The Balaban J connectivity index is 2.10. The van der Waals surface area contributed by atoms with E-state index in [2.05, 4.69) is 18.3 Å². The number of unbranched alkanes of at least 4 members (excludes halogenated alkanes) is 3. The maximum atomic E-state index is 5.90. The van der Waals surface area contributed by atoms with Crippen molar-refractivity contribution in [3.05, 3.63) is 34.9 Å². The van der Waals surface area contributed by atoms with E-state index in [4.69, 9.17) is 11.6 Å². The Labute approximate surface area is 97.8 Å². The van der Waals surface area contributed by atoms with Crippen molar-refractivity contribution in [1.29, 1.82) is 0 Å². The molecule has 1 rings (SSSR count). The second-order valence-corrected chi connectivity index (χ2v) is 4.30. The average Bonchev–Trinajstić information content (AvgIpc) is 2.23. The van der Waals surface area contributed by atoms with Gasteiger partial charge in [-0.3, -0.25) is 0 Å². The van der Waals surface area contributed by atoms with Crippen molar-refractivity contribution in [1.82, 2.24) is 5.32 Å². The van der Waals surface area contributed by atoms with Gasteiger partial charge < -0.3 is 5.32 Å². The van der Waals surface area contributed by atoms with E-state index in [0.717, 1.165) is 18.1 Å². The zero-order valence-electron chi connectivity index (χ0n) is 9.43. The fourth-order valence-corrected chi connectivity index (χ4v) is 1.77. The molecular formula is C13H20ClN. The molecule has 1 nitrogen and oxygen atoms in total. The summed E-state index contributed by atoms with van der Waals surface area (Å²) in [6.45, 7) is 4.26. The molecule has 0 amide bonds. The second-order valence-electron chi connectivity index (χ2n) is 3.87.